The van der Waals surface area contributed by atoms with E-state index in [1.807, 2.05) is 13.8 Å². The molecule has 188 valence electrons. The molecule has 37 heavy (non-hydrogen) atoms. The fraction of sp³-hybridized carbons (Fsp3) is 0.200. The summed E-state index contributed by atoms with van der Waals surface area (Å²) in [6.45, 7) is 7.97. The Balaban J connectivity index is 1.71. The van der Waals surface area contributed by atoms with Crippen LogP contribution >= 0.6 is 0 Å². The number of fused-ring (bicyclic) bond motifs is 2. The van der Waals surface area contributed by atoms with Gasteiger partial charge in [0.05, 0.1) is 24.1 Å². The Kier molecular flexibility index (Phi) is 6.29. The van der Waals surface area contributed by atoms with Gasteiger partial charge in [0.1, 0.15) is 18.0 Å². The highest BCUT2D eigenvalue weighted by molar-refractivity contribution is 5.99. The number of hydrogen-bond acceptors (Lipinski definition) is 5. The maximum absolute atomic E-state index is 13.9. The van der Waals surface area contributed by atoms with Crippen LogP contribution < -0.4 is 14.9 Å². The summed E-state index contributed by atoms with van der Waals surface area (Å²) < 4.78 is 30.9. The Bertz CT molecular complexity index is 1590. The minimum atomic E-state index is -0.739. The highest BCUT2D eigenvalue weighted by atomic mass is 19.1. The number of aryl methyl sites for hydroxylation is 2. The molecule has 2 heterocycles. The van der Waals surface area contributed by atoms with Gasteiger partial charge in [-0.05, 0) is 72.5 Å². The molecule has 0 N–H and O–H groups in total. The van der Waals surface area contributed by atoms with Crippen LogP contribution in [-0.2, 0) is 6.54 Å². The van der Waals surface area contributed by atoms with Crippen molar-refractivity contribution in [3.05, 3.63) is 117 Å². The van der Waals surface area contributed by atoms with Gasteiger partial charge >= 0.3 is 0 Å². The average molecular weight is 500 g/mol. The zero-order chi connectivity index (χ0) is 26.3. The summed E-state index contributed by atoms with van der Waals surface area (Å²) in [5.41, 5.74) is 3.67. The lowest BCUT2D eigenvalue weighted by molar-refractivity contribution is 0.0714. The lowest BCUT2D eigenvalue weighted by Crippen LogP contribution is -2.29. The molecular formula is C30H26FNO5. The molecule has 7 heteroatoms. The molecule has 0 saturated carbocycles. The maximum atomic E-state index is 13.9. The molecule has 1 atom stereocenters. The number of amides is 1. The second-order valence-corrected chi connectivity index (χ2v) is 9.08. The van der Waals surface area contributed by atoms with Crippen LogP contribution in [0.3, 0.4) is 0 Å². The zero-order valence-corrected chi connectivity index (χ0v) is 20.8. The number of ether oxygens (including phenoxy) is 2. The SMILES string of the molecule is C=CCOc1ccc(C2c3c(oc4cc(C)c(C)cc4c3=O)C(=O)N2Cc2ccc(F)cc2)cc1OC. The van der Waals surface area contributed by atoms with Crippen molar-refractivity contribution in [2.45, 2.75) is 26.4 Å². The van der Waals surface area contributed by atoms with E-state index in [9.17, 15) is 14.0 Å². The molecule has 1 aliphatic rings. The van der Waals surface area contributed by atoms with E-state index in [0.29, 0.717) is 40.2 Å². The number of carbonyl (C=O) groups is 1. The number of methoxy groups -OCH3 is 1. The molecule has 1 unspecified atom stereocenters. The Morgan fingerprint density at radius 3 is 2.46 bits per heavy atom. The summed E-state index contributed by atoms with van der Waals surface area (Å²) in [6.07, 6.45) is 1.63. The first-order chi connectivity index (χ1) is 17.8. The van der Waals surface area contributed by atoms with Crippen LogP contribution in [0.2, 0.25) is 0 Å². The van der Waals surface area contributed by atoms with Crippen LogP contribution in [0, 0.1) is 19.7 Å². The van der Waals surface area contributed by atoms with E-state index in [1.165, 1.54) is 19.2 Å². The summed E-state index contributed by atoms with van der Waals surface area (Å²) >= 11 is 0. The first-order valence-corrected chi connectivity index (χ1v) is 11.9. The third kappa shape index (κ3) is 4.27. The second kappa shape index (κ2) is 9.58. The van der Waals surface area contributed by atoms with Gasteiger partial charge in [-0.15, -0.1) is 0 Å². The van der Waals surface area contributed by atoms with Crippen LogP contribution in [0.5, 0.6) is 11.5 Å². The van der Waals surface area contributed by atoms with Gasteiger partial charge in [-0.1, -0.05) is 30.9 Å². The molecule has 0 fully saturated rings. The van der Waals surface area contributed by atoms with Crippen molar-refractivity contribution in [3.8, 4) is 11.5 Å². The number of rotatable bonds is 7. The van der Waals surface area contributed by atoms with E-state index in [4.69, 9.17) is 13.9 Å². The Labute approximate surface area is 213 Å². The van der Waals surface area contributed by atoms with Gasteiger partial charge in [0.15, 0.2) is 16.9 Å². The van der Waals surface area contributed by atoms with Crippen LogP contribution in [0.15, 0.2) is 76.5 Å². The van der Waals surface area contributed by atoms with Gasteiger partial charge in [0, 0.05) is 6.54 Å². The maximum Gasteiger partial charge on any atom is 0.291 e. The molecule has 5 rings (SSSR count). The molecule has 0 radical (unpaired) electrons. The number of carbonyl (C=O) groups excluding carboxylic acids is 1. The Hall–Kier alpha value is -4.39. The molecule has 1 amide bonds. The molecule has 0 bridgehead atoms. The van der Waals surface area contributed by atoms with Gasteiger partial charge in [-0.2, -0.15) is 0 Å². The summed E-state index contributed by atoms with van der Waals surface area (Å²) in [6, 6.07) is 14.1. The van der Waals surface area contributed by atoms with E-state index in [1.54, 1.807) is 53.4 Å². The minimum Gasteiger partial charge on any atom is -0.493 e. The zero-order valence-electron chi connectivity index (χ0n) is 20.8. The highest BCUT2D eigenvalue weighted by Crippen LogP contribution is 2.42. The van der Waals surface area contributed by atoms with Crippen molar-refractivity contribution in [1.29, 1.82) is 0 Å². The van der Waals surface area contributed by atoms with Crippen molar-refractivity contribution in [1.82, 2.24) is 4.90 Å². The van der Waals surface area contributed by atoms with Gasteiger partial charge in [-0.3, -0.25) is 9.59 Å². The lowest BCUT2D eigenvalue weighted by atomic mass is 9.97. The second-order valence-electron chi connectivity index (χ2n) is 9.08. The van der Waals surface area contributed by atoms with E-state index in [2.05, 4.69) is 6.58 Å². The van der Waals surface area contributed by atoms with Crippen molar-refractivity contribution < 1.29 is 23.1 Å². The molecule has 4 aromatic rings. The van der Waals surface area contributed by atoms with E-state index < -0.39 is 11.9 Å². The topological polar surface area (TPSA) is 69.0 Å². The average Bonchev–Trinajstić information content (AvgIpc) is 3.16. The highest BCUT2D eigenvalue weighted by Gasteiger charge is 2.43. The largest absolute Gasteiger partial charge is 0.493 e. The minimum absolute atomic E-state index is 0.0128. The summed E-state index contributed by atoms with van der Waals surface area (Å²) in [5, 5.41) is 0.418. The molecule has 6 nitrogen and oxygen atoms in total. The van der Waals surface area contributed by atoms with Gasteiger partial charge in [0.2, 0.25) is 5.76 Å². The first kappa shape index (κ1) is 24.3. The first-order valence-electron chi connectivity index (χ1n) is 11.9. The van der Waals surface area contributed by atoms with Gasteiger partial charge in [-0.25, -0.2) is 4.39 Å². The predicted octanol–water partition coefficient (Wildman–Crippen LogP) is 5.87. The molecular weight excluding hydrogens is 473 g/mol. The van der Waals surface area contributed by atoms with Crippen LogP contribution in [-0.4, -0.2) is 24.5 Å². The smallest absolute Gasteiger partial charge is 0.291 e. The Morgan fingerprint density at radius 1 is 1.03 bits per heavy atom. The van der Waals surface area contributed by atoms with E-state index in [-0.39, 0.29) is 29.1 Å². The quantitative estimate of drug-likeness (QED) is 0.298. The molecule has 3 aromatic carbocycles. The third-order valence-electron chi connectivity index (χ3n) is 6.71. The van der Waals surface area contributed by atoms with Crippen LogP contribution in [0.1, 0.15) is 44.4 Å². The lowest BCUT2D eigenvalue weighted by Gasteiger charge is -2.26. The number of halogens is 1. The number of benzene rings is 3. The normalized spacial score (nSPS) is 14.6. The third-order valence-corrected chi connectivity index (χ3v) is 6.71. The van der Waals surface area contributed by atoms with Crippen molar-refractivity contribution in [3.63, 3.8) is 0 Å². The Morgan fingerprint density at radius 2 is 1.76 bits per heavy atom. The molecule has 0 saturated heterocycles. The molecule has 1 aromatic heterocycles. The van der Waals surface area contributed by atoms with Gasteiger partial charge < -0.3 is 18.8 Å². The monoisotopic (exact) mass is 499 g/mol. The van der Waals surface area contributed by atoms with Crippen molar-refractivity contribution >= 4 is 16.9 Å². The summed E-state index contributed by atoms with van der Waals surface area (Å²) in [5.74, 6) is 0.201. The summed E-state index contributed by atoms with van der Waals surface area (Å²) in [4.78, 5) is 29.1. The fourth-order valence-electron chi connectivity index (χ4n) is 4.69. The van der Waals surface area contributed by atoms with Crippen LogP contribution in [0.25, 0.3) is 11.0 Å². The van der Waals surface area contributed by atoms with Crippen molar-refractivity contribution in [2.24, 2.45) is 0 Å². The van der Waals surface area contributed by atoms with Crippen LogP contribution in [0.4, 0.5) is 4.39 Å². The predicted molar refractivity (Wildman–Crippen MR) is 139 cm³/mol. The summed E-state index contributed by atoms with van der Waals surface area (Å²) in [7, 11) is 1.52. The molecule has 0 aliphatic carbocycles. The molecule has 0 spiro atoms. The fourth-order valence-corrected chi connectivity index (χ4v) is 4.69. The van der Waals surface area contributed by atoms with E-state index in [0.717, 1.165) is 11.1 Å². The van der Waals surface area contributed by atoms with Gasteiger partial charge in [0.25, 0.3) is 5.91 Å². The number of nitrogens with zero attached hydrogens (tertiary/aromatic N) is 1. The van der Waals surface area contributed by atoms with Crippen molar-refractivity contribution in [2.75, 3.05) is 13.7 Å². The van der Waals surface area contributed by atoms with E-state index >= 15 is 0 Å². The standard InChI is InChI=1S/C30H26FNO5/c1-5-12-36-23-11-8-20(15-25(23)35-4)27-26-28(33)22-13-17(2)18(3)14-24(22)37-29(26)30(34)32(27)16-19-6-9-21(31)10-7-19/h5-11,13-15,27H,1,12,16H2,2-4H3. The molecule has 1 aliphatic heterocycles. The number of hydrogen-bond donors (Lipinski definition) is 0.